The minimum Gasteiger partial charge on any atom is -0.225 e. The molecule has 6 heteroatoms. The average molecular weight is 261 g/mol. The van der Waals surface area contributed by atoms with Gasteiger partial charge in [0.05, 0.1) is 10.5 Å². The fraction of sp³-hybridized carbons (Fsp3) is 0. The Morgan fingerprint density at radius 2 is 2.08 bits per heavy atom. The zero-order chi connectivity index (χ0) is 10.1. The van der Waals surface area contributed by atoms with Crippen molar-refractivity contribution in [1.29, 1.82) is 5.26 Å². The molecule has 1 rings (SSSR count). The highest BCUT2D eigenvalue weighted by Crippen LogP contribution is 2.18. The maximum Gasteiger partial charge on any atom is 0.239 e. The second kappa shape index (κ2) is 3.46. The summed E-state index contributed by atoms with van der Waals surface area (Å²) >= 11 is 3.12. The number of nitriles is 1. The SMILES string of the molecule is N#Cc1cc(Br)ccc1S(N)(=O)=O. The molecular weight excluding hydrogens is 256 g/mol. The molecule has 0 aromatic heterocycles. The van der Waals surface area contributed by atoms with E-state index >= 15 is 0 Å². The van der Waals surface area contributed by atoms with Crippen LogP contribution in [0.25, 0.3) is 0 Å². The summed E-state index contributed by atoms with van der Waals surface area (Å²) in [7, 11) is -3.81. The van der Waals surface area contributed by atoms with Gasteiger partial charge in [0.15, 0.2) is 0 Å². The largest absolute Gasteiger partial charge is 0.239 e. The molecule has 13 heavy (non-hydrogen) atoms. The number of nitrogens with zero attached hydrogens (tertiary/aromatic N) is 1. The van der Waals surface area contributed by atoms with E-state index in [1.54, 1.807) is 6.07 Å². The number of primary sulfonamides is 1. The van der Waals surface area contributed by atoms with Crippen LogP contribution in [-0.4, -0.2) is 8.42 Å². The fourth-order valence-electron chi connectivity index (χ4n) is 0.838. The van der Waals surface area contributed by atoms with Crippen molar-refractivity contribution in [3.05, 3.63) is 28.2 Å². The van der Waals surface area contributed by atoms with Gasteiger partial charge in [-0.15, -0.1) is 0 Å². The second-order valence-corrected chi connectivity index (χ2v) is 4.74. The van der Waals surface area contributed by atoms with Crippen LogP contribution >= 0.6 is 15.9 Å². The van der Waals surface area contributed by atoms with Crippen molar-refractivity contribution in [3.63, 3.8) is 0 Å². The zero-order valence-electron chi connectivity index (χ0n) is 6.36. The Kier molecular flexibility index (Phi) is 2.71. The summed E-state index contributed by atoms with van der Waals surface area (Å²) in [5, 5.41) is 13.5. The molecule has 0 fully saturated rings. The van der Waals surface area contributed by atoms with E-state index in [-0.39, 0.29) is 10.5 Å². The Bertz CT molecular complexity index is 476. The van der Waals surface area contributed by atoms with Crippen molar-refractivity contribution in [2.45, 2.75) is 4.90 Å². The lowest BCUT2D eigenvalue weighted by atomic mass is 10.2. The van der Waals surface area contributed by atoms with E-state index in [4.69, 9.17) is 10.4 Å². The van der Waals surface area contributed by atoms with Crippen LogP contribution in [0, 0.1) is 11.3 Å². The summed E-state index contributed by atoms with van der Waals surface area (Å²) in [6.45, 7) is 0. The first-order valence-electron chi connectivity index (χ1n) is 3.17. The lowest BCUT2D eigenvalue weighted by molar-refractivity contribution is 0.597. The van der Waals surface area contributed by atoms with Crippen LogP contribution < -0.4 is 5.14 Å². The summed E-state index contributed by atoms with van der Waals surface area (Å²) in [5.74, 6) is 0. The normalized spacial score (nSPS) is 10.8. The van der Waals surface area contributed by atoms with Crippen molar-refractivity contribution < 1.29 is 8.42 Å². The number of nitrogens with two attached hydrogens (primary N) is 1. The number of hydrogen-bond acceptors (Lipinski definition) is 3. The molecule has 0 unspecified atom stereocenters. The summed E-state index contributed by atoms with van der Waals surface area (Å²) in [4.78, 5) is -0.154. The number of rotatable bonds is 1. The van der Waals surface area contributed by atoms with Crippen LogP contribution in [0.1, 0.15) is 5.56 Å². The van der Waals surface area contributed by atoms with Gasteiger partial charge in [-0.3, -0.25) is 0 Å². The monoisotopic (exact) mass is 260 g/mol. The quantitative estimate of drug-likeness (QED) is 0.817. The Balaban J connectivity index is 3.50. The van der Waals surface area contributed by atoms with Crippen molar-refractivity contribution in [3.8, 4) is 6.07 Å². The molecule has 0 heterocycles. The molecule has 0 atom stereocenters. The smallest absolute Gasteiger partial charge is 0.225 e. The number of sulfonamides is 1. The summed E-state index contributed by atoms with van der Waals surface area (Å²) in [6, 6.07) is 5.96. The molecule has 0 saturated heterocycles. The average Bonchev–Trinajstić information content (AvgIpc) is 2.01. The first-order valence-corrected chi connectivity index (χ1v) is 5.51. The summed E-state index contributed by atoms with van der Waals surface area (Å²) in [5.41, 5.74) is 0.0388. The minimum absolute atomic E-state index is 0.0388. The van der Waals surface area contributed by atoms with Gasteiger partial charge in [0.25, 0.3) is 0 Å². The summed E-state index contributed by atoms with van der Waals surface area (Å²) in [6.07, 6.45) is 0. The van der Waals surface area contributed by atoms with Gasteiger partial charge in [-0.1, -0.05) is 15.9 Å². The Morgan fingerprint density at radius 3 is 2.54 bits per heavy atom. The van der Waals surface area contributed by atoms with Crippen LogP contribution in [0.3, 0.4) is 0 Å². The van der Waals surface area contributed by atoms with Crippen molar-refractivity contribution in [1.82, 2.24) is 0 Å². The van der Waals surface area contributed by atoms with Gasteiger partial charge in [-0.25, -0.2) is 13.6 Å². The van der Waals surface area contributed by atoms with Gasteiger partial charge < -0.3 is 0 Å². The van der Waals surface area contributed by atoms with Crippen LogP contribution in [0.2, 0.25) is 0 Å². The van der Waals surface area contributed by atoms with E-state index in [1.807, 2.05) is 0 Å². The Morgan fingerprint density at radius 1 is 1.46 bits per heavy atom. The predicted octanol–water partition coefficient (Wildman–Crippen LogP) is 0.968. The van der Waals surface area contributed by atoms with E-state index < -0.39 is 10.0 Å². The molecular formula is C7H5BrN2O2S. The van der Waals surface area contributed by atoms with E-state index in [1.165, 1.54) is 18.2 Å². The predicted molar refractivity (Wildman–Crippen MR) is 50.2 cm³/mol. The molecule has 0 aliphatic rings. The standard InChI is InChI=1S/C7H5BrN2O2S/c8-6-1-2-7(13(10,11)12)5(3-6)4-9/h1-3H,(H2,10,11,12). The number of benzene rings is 1. The fourth-order valence-corrected chi connectivity index (χ4v) is 1.87. The van der Waals surface area contributed by atoms with Gasteiger partial charge in [-0.05, 0) is 18.2 Å². The van der Waals surface area contributed by atoms with Crippen molar-refractivity contribution in [2.24, 2.45) is 5.14 Å². The highest BCUT2D eigenvalue weighted by molar-refractivity contribution is 9.10. The molecule has 68 valence electrons. The third-order valence-corrected chi connectivity index (χ3v) is 2.83. The third kappa shape index (κ3) is 2.28. The molecule has 0 aliphatic heterocycles. The minimum atomic E-state index is -3.81. The van der Waals surface area contributed by atoms with Crippen LogP contribution in [0.5, 0.6) is 0 Å². The maximum atomic E-state index is 10.9. The van der Waals surface area contributed by atoms with Crippen LogP contribution in [0.15, 0.2) is 27.6 Å². The molecule has 2 N–H and O–H groups in total. The van der Waals surface area contributed by atoms with Crippen molar-refractivity contribution >= 4 is 26.0 Å². The lowest BCUT2D eigenvalue weighted by Gasteiger charge is -2.00. The van der Waals surface area contributed by atoms with Gasteiger partial charge in [-0.2, -0.15) is 5.26 Å². The van der Waals surface area contributed by atoms with Gasteiger partial charge in [0.2, 0.25) is 10.0 Å². The topological polar surface area (TPSA) is 83.9 Å². The van der Waals surface area contributed by atoms with Crippen LogP contribution in [0.4, 0.5) is 0 Å². The van der Waals surface area contributed by atoms with E-state index in [0.717, 1.165) is 0 Å². The first kappa shape index (κ1) is 10.2. The number of hydrogen-bond donors (Lipinski definition) is 1. The van der Waals surface area contributed by atoms with Crippen molar-refractivity contribution in [2.75, 3.05) is 0 Å². The molecule has 0 radical (unpaired) electrons. The third-order valence-electron chi connectivity index (χ3n) is 1.37. The molecule has 0 amide bonds. The lowest BCUT2D eigenvalue weighted by Crippen LogP contribution is -2.13. The zero-order valence-corrected chi connectivity index (χ0v) is 8.76. The molecule has 1 aromatic carbocycles. The van der Waals surface area contributed by atoms with E-state index in [0.29, 0.717) is 4.47 Å². The maximum absolute atomic E-state index is 10.9. The van der Waals surface area contributed by atoms with Gasteiger partial charge in [0.1, 0.15) is 6.07 Å². The van der Waals surface area contributed by atoms with E-state index in [2.05, 4.69) is 15.9 Å². The molecule has 1 aromatic rings. The molecule has 0 saturated carbocycles. The van der Waals surface area contributed by atoms with Crippen LogP contribution in [-0.2, 0) is 10.0 Å². The molecule has 0 bridgehead atoms. The highest BCUT2D eigenvalue weighted by Gasteiger charge is 2.13. The Hall–Kier alpha value is -0.900. The second-order valence-electron chi connectivity index (χ2n) is 2.30. The molecule has 0 aliphatic carbocycles. The molecule has 4 nitrogen and oxygen atoms in total. The van der Waals surface area contributed by atoms with Gasteiger partial charge >= 0.3 is 0 Å². The summed E-state index contributed by atoms with van der Waals surface area (Å²) < 4.78 is 22.5. The number of halogens is 1. The van der Waals surface area contributed by atoms with E-state index in [9.17, 15) is 8.42 Å². The Labute approximate surface area is 84.2 Å². The van der Waals surface area contributed by atoms with Gasteiger partial charge in [0, 0.05) is 4.47 Å². The first-order chi connectivity index (χ1) is 5.95. The highest BCUT2D eigenvalue weighted by atomic mass is 79.9. The molecule has 0 spiro atoms.